The fourth-order valence-corrected chi connectivity index (χ4v) is 7.38. The molecule has 2 aliphatic rings. The summed E-state index contributed by atoms with van der Waals surface area (Å²) in [6, 6.07) is 5.71. The number of pyridine rings is 2. The number of benzene rings is 2. The lowest BCUT2D eigenvalue weighted by Crippen LogP contribution is -2.44. The molecule has 2 fully saturated rings. The highest BCUT2D eigenvalue weighted by Crippen LogP contribution is 2.46. The summed E-state index contributed by atoms with van der Waals surface area (Å²) in [7, 11) is 1.97. The van der Waals surface area contributed by atoms with E-state index in [1.54, 1.807) is 20.8 Å². The summed E-state index contributed by atoms with van der Waals surface area (Å²) in [5.74, 6) is -2.12. The van der Waals surface area contributed by atoms with Gasteiger partial charge in [0.1, 0.15) is 34.7 Å². The quantitative estimate of drug-likeness (QED) is 0.168. The van der Waals surface area contributed by atoms with E-state index in [1.807, 2.05) is 14.0 Å². The Morgan fingerprint density at radius 1 is 0.980 bits per heavy atom. The summed E-state index contributed by atoms with van der Waals surface area (Å²) in [6.45, 7) is 8.22. The molecule has 3 atom stereocenters. The Kier molecular flexibility index (Phi) is 8.75. The maximum absolute atomic E-state index is 17.2. The number of piperidine rings is 1. The molecule has 0 N–H and O–H groups in total. The number of likely N-dealkylation sites (tertiary alicyclic amines) is 2. The zero-order chi connectivity index (χ0) is 36.4. The van der Waals surface area contributed by atoms with E-state index < -0.39 is 58.4 Å². The monoisotopic (exact) mass is 711 g/mol. The molecule has 0 spiro atoms. The third-order valence-corrected chi connectivity index (χ3v) is 9.69. The molecule has 2 aliphatic heterocycles. The molecule has 3 aromatic heterocycles. The van der Waals surface area contributed by atoms with Crippen LogP contribution in [-0.4, -0.2) is 78.7 Å². The molecular weight excluding hydrogens is 673 g/mol. The lowest BCUT2D eigenvalue weighted by Gasteiger charge is -2.36. The average Bonchev–Trinajstić information content (AvgIpc) is 3.71. The number of aromatic nitrogens is 5. The summed E-state index contributed by atoms with van der Waals surface area (Å²) in [4.78, 5) is 25.7. The maximum Gasteiger partial charge on any atom is 0.417 e. The van der Waals surface area contributed by atoms with Gasteiger partial charge in [-0.3, -0.25) is 14.8 Å². The van der Waals surface area contributed by atoms with Crippen molar-refractivity contribution < 1.29 is 36.2 Å². The molecule has 1 unspecified atom stereocenters. The van der Waals surface area contributed by atoms with E-state index in [9.17, 15) is 9.18 Å². The second kappa shape index (κ2) is 12.8. The van der Waals surface area contributed by atoms with E-state index in [1.165, 1.54) is 27.9 Å². The second-order valence-electron chi connectivity index (χ2n) is 14.3. The Hall–Kier alpha value is -4.66. The molecule has 2 saturated heterocycles. The number of ether oxygens (including phenoxy) is 2. The van der Waals surface area contributed by atoms with Crippen molar-refractivity contribution >= 4 is 38.9 Å². The number of likely N-dealkylation sites (N-methyl/N-ethyl adjacent to an activating group) is 1. The molecule has 1 amide bonds. The molecule has 0 bridgehead atoms. The predicted molar refractivity (Wildman–Crippen MR) is 180 cm³/mol. The zero-order valence-electron chi connectivity index (χ0n) is 28.9. The maximum atomic E-state index is 17.2. The molecule has 15 heteroatoms. The van der Waals surface area contributed by atoms with Crippen LogP contribution in [0.1, 0.15) is 71.5 Å². The van der Waals surface area contributed by atoms with Gasteiger partial charge >= 0.3 is 12.3 Å². The zero-order valence-corrected chi connectivity index (χ0v) is 28.9. The van der Waals surface area contributed by atoms with Crippen LogP contribution in [0.5, 0.6) is 5.88 Å². The van der Waals surface area contributed by atoms with Gasteiger partial charge in [0.05, 0.1) is 11.1 Å². The van der Waals surface area contributed by atoms with Gasteiger partial charge in [0.15, 0.2) is 11.3 Å². The highest BCUT2D eigenvalue weighted by atomic mass is 19.4. The summed E-state index contributed by atoms with van der Waals surface area (Å²) in [5.41, 5.74) is -3.72. The van der Waals surface area contributed by atoms with Gasteiger partial charge in [0.2, 0.25) is 5.88 Å². The number of rotatable bonds is 5. The van der Waals surface area contributed by atoms with Gasteiger partial charge in [-0.25, -0.2) is 23.2 Å². The number of amides is 1. The number of fused-ring (bicyclic) bond motifs is 4. The number of carbonyl (C=O) groups excluding carboxylic acids is 1. The molecule has 2 aromatic carbocycles. The fourth-order valence-electron chi connectivity index (χ4n) is 7.38. The van der Waals surface area contributed by atoms with Crippen molar-refractivity contribution in [3.63, 3.8) is 0 Å². The summed E-state index contributed by atoms with van der Waals surface area (Å²) >= 11 is 0. The van der Waals surface area contributed by atoms with E-state index >= 15 is 17.6 Å². The molecular formula is C36H38F5N7O3. The standard InChI is InChI=1S/C36H38F5N7O3/c1-19(25-11-9-16-46(25)5)50-33-31-32(48(45-44-31)26-12-6-7-17-47(26)34(49)51-35(2,3)4)22-18-23(36(39,40)41)27(28(38)30(22)43-33)21-13-14-24(37)20-10-8-15-42-29(20)21/h8,10,13-15,18-19,25-26H,6-7,9,11-12,16-17H2,1-5H3/t19-,25-,26?/m0/s1. The first-order chi connectivity index (χ1) is 24.1. The van der Waals surface area contributed by atoms with E-state index in [2.05, 4.69) is 25.2 Å². The number of halogens is 5. The fraction of sp³-hybridized carbons (Fsp3) is 0.472. The van der Waals surface area contributed by atoms with Crippen LogP contribution in [0.2, 0.25) is 0 Å². The van der Waals surface area contributed by atoms with Crippen LogP contribution in [-0.2, 0) is 10.9 Å². The highest BCUT2D eigenvalue weighted by Gasteiger charge is 2.40. The Morgan fingerprint density at radius 2 is 1.76 bits per heavy atom. The Balaban J connectivity index is 1.51. The van der Waals surface area contributed by atoms with Crippen LogP contribution in [0, 0.1) is 11.6 Å². The number of carbonyl (C=O) groups is 1. The van der Waals surface area contributed by atoms with Crippen molar-refractivity contribution in [3.05, 3.63) is 53.7 Å². The van der Waals surface area contributed by atoms with Crippen LogP contribution >= 0.6 is 0 Å². The van der Waals surface area contributed by atoms with Gasteiger partial charge in [0, 0.05) is 40.7 Å². The van der Waals surface area contributed by atoms with Crippen molar-refractivity contribution in [2.45, 2.75) is 89.9 Å². The molecule has 5 heterocycles. The van der Waals surface area contributed by atoms with Crippen LogP contribution in [0.15, 0.2) is 36.5 Å². The first kappa shape index (κ1) is 34.8. The molecule has 270 valence electrons. The molecule has 7 rings (SSSR count). The lowest BCUT2D eigenvalue weighted by molar-refractivity contribution is -0.137. The first-order valence-electron chi connectivity index (χ1n) is 17.0. The number of hydrogen-bond donors (Lipinski definition) is 0. The highest BCUT2D eigenvalue weighted by molar-refractivity contribution is 6.07. The van der Waals surface area contributed by atoms with Crippen molar-refractivity contribution in [2.24, 2.45) is 0 Å². The van der Waals surface area contributed by atoms with Crippen molar-refractivity contribution in [2.75, 3.05) is 20.1 Å². The van der Waals surface area contributed by atoms with Crippen LogP contribution in [0.4, 0.5) is 26.7 Å². The van der Waals surface area contributed by atoms with Gasteiger partial charge in [0.25, 0.3) is 0 Å². The smallest absolute Gasteiger partial charge is 0.417 e. The number of nitrogens with zero attached hydrogens (tertiary/aromatic N) is 7. The third kappa shape index (κ3) is 6.29. The molecule has 5 aromatic rings. The number of hydrogen-bond acceptors (Lipinski definition) is 8. The molecule has 0 aliphatic carbocycles. The summed E-state index contributed by atoms with van der Waals surface area (Å²) in [5, 5.41) is 8.41. The Morgan fingerprint density at radius 3 is 2.47 bits per heavy atom. The molecule has 0 radical (unpaired) electrons. The molecule has 0 saturated carbocycles. The van der Waals surface area contributed by atoms with E-state index in [0.717, 1.165) is 37.6 Å². The van der Waals surface area contributed by atoms with E-state index in [-0.39, 0.29) is 44.8 Å². The van der Waals surface area contributed by atoms with Crippen LogP contribution in [0.3, 0.4) is 0 Å². The van der Waals surface area contributed by atoms with Crippen molar-refractivity contribution in [1.82, 2.24) is 34.8 Å². The minimum absolute atomic E-state index is 0.00161. The van der Waals surface area contributed by atoms with E-state index in [4.69, 9.17) is 9.47 Å². The Bertz CT molecular complexity index is 2150. The normalized spacial score (nSPS) is 19.7. The van der Waals surface area contributed by atoms with Gasteiger partial charge in [-0.1, -0.05) is 5.21 Å². The van der Waals surface area contributed by atoms with Crippen molar-refractivity contribution in [1.29, 1.82) is 0 Å². The van der Waals surface area contributed by atoms with Crippen molar-refractivity contribution in [3.8, 4) is 17.0 Å². The van der Waals surface area contributed by atoms with Gasteiger partial charge in [-0.05, 0) is 104 Å². The number of alkyl halides is 3. The summed E-state index contributed by atoms with van der Waals surface area (Å²) < 4.78 is 90.6. The average molecular weight is 712 g/mol. The molecule has 51 heavy (non-hydrogen) atoms. The Labute approximate surface area is 290 Å². The minimum atomic E-state index is -5.06. The van der Waals surface area contributed by atoms with Gasteiger partial charge in [-0.2, -0.15) is 13.2 Å². The summed E-state index contributed by atoms with van der Waals surface area (Å²) in [6.07, 6.45) is -2.11. The third-order valence-electron chi connectivity index (χ3n) is 9.69. The minimum Gasteiger partial charge on any atom is -0.471 e. The second-order valence-corrected chi connectivity index (χ2v) is 14.3. The first-order valence-corrected chi connectivity index (χ1v) is 17.0. The van der Waals surface area contributed by atoms with E-state index in [0.29, 0.717) is 25.8 Å². The van der Waals surface area contributed by atoms with Gasteiger partial charge < -0.3 is 9.47 Å². The van der Waals surface area contributed by atoms with Gasteiger partial charge in [-0.15, -0.1) is 5.10 Å². The predicted octanol–water partition coefficient (Wildman–Crippen LogP) is 8.27. The van der Waals surface area contributed by atoms with Crippen LogP contribution < -0.4 is 4.74 Å². The largest absolute Gasteiger partial charge is 0.471 e. The lowest BCUT2D eigenvalue weighted by atomic mass is 9.93. The molecule has 10 nitrogen and oxygen atoms in total. The SMILES string of the molecule is C[C@H](Oc1nc2c(F)c(-c3ccc(F)c4cccnc34)c(C(F)(F)F)cc2c2c1nnn2C1CCCCN1C(=O)OC(C)(C)C)[C@@H]1CCCN1C. The topological polar surface area (TPSA) is 98.5 Å². The van der Waals surface area contributed by atoms with Crippen LogP contribution in [0.25, 0.3) is 44.0 Å².